The molecular weight excluding hydrogens is 254 g/mol. The van der Waals surface area contributed by atoms with Crippen molar-refractivity contribution in [1.29, 1.82) is 0 Å². The lowest BCUT2D eigenvalue weighted by molar-refractivity contribution is 0.698. The summed E-state index contributed by atoms with van der Waals surface area (Å²) in [5.74, 6) is 0. The van der Waals surface area contributed by atoms with Gasteiger partial charge < -0.3 is 10.6 Å². The van der Waals surface area contributed by atoms with Gasteiger partial charge in [0.2, 0.25) is 0 Å². The summed E-state index contributed by atoms with van der Waals surface area (Å²) < 4.78 is 0. The molecule has 1 aromatic carbocycles. The molecule has 3 nitrogen and oxygen atoms in total. The second-order valence-corrected chi connectivity index (χ2v) is 6.26. The highest BCUT2D eigenvalue weighted by atomic mass is 32.1. The number of anilines is 1. The van der Waals surface area contributed by atoms with Crippen LogP contribution in [0.4, 0.5) is 5.69 Å². The van der Waals surface area contributed by atoms with Gasteiger partial charge in [0.25, 0.3) is 0 Å². The van der Waals surface area contributed by atoms with Crippen molar-refractivity contribution in [2.45, 2.75) is 33.4 Å². The van der Waals surface area contributed by atoms with Gasteiger partial charge in [0, 0.05) is 30.2 Å². The van der Waals surface area contributed by atoms with E-state index in [0.717, 1.165) is 36.8 Å². The molecule has 0 aliphatic carbocycles. The zero-order valence-corrected chi connectivity index (χ0v) is 12.2. The van der Waals surface area contributed by atoms with Crippen LogP contribution in [0.25, 0.3) is 0 Å². The Kier molecular flexibility index (Phi) is 3.53. The summed E-state index contributed by atoms with van der Waals surface area (Å²) in [5, 5.41) is 8.17. The summed E-state index contributed by atoms with van der Waals surface area (Å²) in [5.41, 5.74) is 5.32. The average Bonchev–Trinajstić information content (AvgIpc) is 2.97. The van der Waals surface area contributed by atoms with Crippen LogP contribution in [0, 0.1) is 13.8 Å². The zero-order chi connectivity index (χ0) is 13.2. The minimum absolute atomic E-state index is 0.904. The van der Waals surface area contributed by atoms with E-state index in [0.29, 0.717) is 0 Å². The van der Waals surface area contributed by atoms with Crippen LogP contribution < -0.4 is 10.6 Å². The molecule has 0 fully saturated rings. The first kappa shape index (κ1) is 12.6. The third-order valence-electron chi connectivity index (χ3n) is 3.53. The van der Waals surface area contributed by atoms with Crippen LogP contribution in [0.5, 0.6) is 0 Å². The molecule has 0 bridgehead atoms. The second kappa shape index (κ2) is 5.31. The number of hydrogen-bond donors (Lipinski definition) is 2. The molecule has 1 aromatic heterocycles. The predicted molar refractivity (Wildman–Crippen MR) is 80.8 cm³/mol. The molecule has 0 amide bonds. The maximum absolute atomic E-state index is 4.46. The molecule has 2 heterocycles. The molecule has 2 aromatic rings. The highest BCUT2D eigenvalue weighted by molar-refractivity contribution is 7.11. The number of nitrogens with one attached hydrogen (secondary N) is 2. The highest BCUT2D eigenvalue weighted by Crippen LogP contribution is 2.26. The van der Waals surface area contributed by atoms with Crippen molar-refractivity contribution < 1.29 is 0 Å². The fourth-order valence-corrected chi connectivity index (χ4v) is 3.51. The van der Waals surface area contributed by atoms with E-state index in [1.165, 1.54) is 21.7 Å². The summed E-state index contributed by atoms with van der Waals surface area (Å²) in [6.07, 6.45) is 1.15. The van der Waals surface area contributed by atoms with Gasteiger partial charge in [-0.2, -0.15) is 0 Å². The van der Waals surface area contributed by atoms with Crippen LogP contribution in [-0.4, -0.2) is 11.5 Å². The lowest BCUT2D eigenvalue weighted by atomic mass is 10.1. The minimum atomic E-state index is 0.904. The minimum Gasteiger partial charge on any atom is -0.384 e. The van der Waals surface area contributed by atoms with Gasteiger partial charge in [0.15, 0.2) is 0 Å². The molecule has 0 radical (unpaired) electrons. The Balaban J connectivity index is 1.64. The molecule has 0 atom stereocenters. The smallest absolute Gasteiger partial charge is 0.0900 e. The number of rotatable bonds is 4. The third-order valence-corrected chi connectivity index (χ3v) is 4.61. The van der Waals surface area contributed by atoms with Crippen LogP contribution in [-0.2, 0) is 19.5 Å². The molecule has 4 heteroatoms. The number of fused-ring (bicyclic) bond motifs is 1. The van der Waals surface area contributed by atoms with Crippen molar-refractivity contribution in [2.24, 2.45) is 0 Å². The topological polar surface area (TPSA) is 37.0 Å². The molecular formula is C15H19N3S. The van der Waals surface area contributed by atoms with Gasteiger partial charge in [-0.25, -0.2) is 4.98 Å². The summed E-state index contributed by atoms with van der Waals surface area (Å²) >= 11 is 1.79. The van der Waals surface area contributed by atoms with Crippen molar-refractivity contribution >= 4 is 17.0 Å². The van der Waals surface area contributed by atoms with E-state index in [9.17, 15) is 0 Å². The number of para-hydroxylation sites is 1. The molecule has 100 valence electrons. The number of thiazole rings is 1. The largest absolute Gasteiger partial charge is 0.384 e. The van der Waals surface area contributed by atoms with Crippen molar-refractivity contribution in [3.8, 4) is 0 Å². The Hall–Kier alpha value is -1.39. The number of benzene rings is 1. The van der Waals surface area contributed by atoms with E-state index >= 15 is 0 Å². The average molecular weight is 273 g/mol. The number of aromatic nitrogens is 1. The van der Waals surface area contributed by atoms with Crippen LogP contribution in [0.3, 0.4) is 0 Å². The Labute approximate surface area is 118 Å². The summed E-state index contributed by atoms with van der Waals surface area (Å²) in [6.45, 7) is 7.03. The first-order valence-electron chi connectivity index (χ1n) is 6.72. The maximum atomic E-state index is 4.46. The van der Waals surface area contributed by atoms with Gasteiger partial charge in [0.05, 0.1) is 10.7 Å². The Morgan fingerprint density at radius 3 is 3.00 bits per heavy atom. The van der Waals surface area contributed by atoms with E-state index in [-0.39, 0.29) is 0 Å². The fourth-order valence-electron chi connectivity index (χ4n) is 2.61. The van der Waals surface area contributed by atoms with Crippen molar-refractivity contribution in [3.05, 3.63) is 44.9 Å². The van der Waals surface area contributed by atoms with Crippen molar-refractivity contribution in [1.82, 2.24) is 10.3 Å². The molecule has 0 unspecified atom stereocenters. The van der Waals surface area contributed by atoms with Gasteiger partial charge in [0.1, 0.15) is 0 Å². The zero-order valence-electron chi connectivity index (χ0n) is 11.4. The van der Waals surface area contributed by atoms with Crippen molar-refractivity contribution in [3.63, 3.8) is 0 Å². The predicted octanol–water partition coefficient (Wildman–Crippen LogP) is 3.02. The van der Waals surface area contributed by atoms with Crippen molar-refractivity contribution in [2.75, 3.05) is 11.9 Å². The van der Waals surface area contributed by atoms with Gasteiger partial charge in [-0.1, -0.05) is 18.2 Å². The molecule has 1 aliphatic rings. The normalized spacial score (nSPS) is 13.4. The molecule has 19 heavy (non-hydrogen) atoms. The van der Waals surface area contributed by atoms with Gasteiger partial charge in [-0.05, 0) is 31.4 Å². The SMILES string of the molecule is Cc1nc(C)c(CNCc2cccc3c2NCC3)s1. The standard InChI is InChI=1S/C15H19N3S/c1-10-14(19-11(2)18-10)9-16-8-13-5-3-4-12-6-7-17-15(12)13/h3-5,16-17H,6-9H2,1-2H3. The lowest BCUT2D eigenvalue weighted by Gasteiger charge is -2.09. The highest BCUT2D eigenvalue weighted by Gasteiger charge is 2.13. The molecule has 3 rings (SSSR count). The Bertz CT molecular complexity index is 589. The van der Waals surface area contributed by atoms with Gasteiger partial charge in [-0.15, -0.1) is 11.3 Å². The summed E-state index contributed by atoms with van der Waals surface area (Å²) in [7, 11) is 0. The lowest BCUT2D eigenvalue weighted by Crippen LogP contribution is -2.13. The molecule has 2 N–H and O–H groups in total. The number of hydrogen-bond acceptors (Lipinski definition) is 4. The van der Waals surface area contributed by atoms with Gasteiger partial charge >= 0.3 is 0 Å². The van der Waals surface area contributed by atoms with Crippen LogP contribution in [0.15, 0.2) is 18.2 Å². The first-order valence-corrected chi connectivity index (χ1v) is 7.54. The number of nitrogens with zero attached hydrogens (tertiary/aromatic N) is 1. The van der Waals surface area contributed by atoms with Gasteiger partial charge in [-0.3, -0.25) is 0 Å². The third kappa shape index (κ3) is 2.65. The number of aryl methyl sites for hydroxylation is 2. The second-order valence-electron chi connectivity index (χ2n) is 4.97. The van der Waals surface area contributed by atoms with Crippen LogP contribution in [0.1, 0.15) is 26.7 Å². The molecule has 0 saturated heterocycles. The van der Waals surface area contributed by atoms with Crippen LogP contribution >= 0.6 is 11.3 Å². The Morgan fingerprint density at radius 1 is 1.32 bits per heavy atom. The van der Waals surface area contributed by atoms with Crippen LogP contribution in [0.2, 0.25) is 0 Å². The van der Waals surface area contributed by atoms with E-state index in [4.69, 9.17) is 0 Å². The molecule has 1 aliphatic heterocycles. The monoisotopic (exact) mass is 273 g/mol. The maximum Gasteiger partial charge on any atom is 0.0900 e. The van der Waals surface area contributed by atoms with E-state index in [1.807, 2.05) is 0 Å². The molecule has 0 saturated carbocycles. The summed E-state index contributed by atoms with van der Waals surface area (Å²) in [4.78, 5) is 5.81. The molecule has 0 spiro atoms. The fraction of sp³-hybridized carbons (Fsp3) is 0.400. The first-order chi connectivity index (χ1) is 9.24. The quantitative estimate of drug-likeness (QED) is 0.899. The van der Waals surface area contributed by atoms with E-state index < -0.39 is 0 Å². The van der Waals surface area contributed by atoms with E-state index in [2.05, 4.69) is 47.7 Å². The Morgan fingerprint density at radius 2 is 2.21 bits per heavy atom. The summed E-state index contributed by atoms with van der Waals surface area (Å²) in [6, 6.07) is 6.58. The van der Waals surface area contributed by atoms with E-state index in [1.54, 1.807) is 11.3 Å².